The van der Waals surface area contributed by atoms with Crippen molar-refractivity contribution < 1.29 is 8.83 Å². The van der Waals surface area contributed by atoms with Gasteiger partial charge in [0.25, 0.3) is 0 Å². The van der Waals surface area contributed by atoms with E-state index in [1.807, 2.05) is 91.0 Å². The minimum absolute atomic E-state index is 0.643. The van der Waals surface area contributed by atoms with Crippen molar-refractivity contribution >= 4 is 107 Å². The molecule has 10 rings (SSSR count). The molecule has 0 radical (unpaired) electrons. The Morgan fingerprint density at radius 2 is 0.981 bits per heavy atom. The third-order valence-electron chi connectivity index (χ3n) is 8.72. The van der Waals surface area contributed by atoms with Gasteiger partial charge in [0, 0.05) is 22.3 Å². The number of hydrogen-bond donors (Lipinski definition) is 0. The van der Waals surface area contributed by atoms with E-state index in [2.05, 4.69) is 91.9 Å². The van der Waals surface area contributed by atoms with Gasteiger partial charge in [-0.05, 0) is 125 Å². The number of pyridine rings is 2. The van der Waals surface area contributed by atoms with Crippen molar-refractivity contribution in [3.63, 3.8) is 0 Å². The first-order chi connectivity index (χ1) is 26.5. The highest BCUT2D eigenvalue weighted by atomic mass is 79.9. The van der Waals surface area contributed by atoms with Gasteiger partial charge in [-0.1, -0.05) is 64.5 Å². The van der Waals surface area contributed by atoms with Crippen LogP contribution in [0.1, 0.15) is 0 Å². The van der Waals surface area contributed by atoms with Crippen LogP contribution in [0.3, 0.4) is 0 Å². The Hall–Kier alpha value is -5.14. The summed E-state index contributed by atoms with van der Waals surface area (Å²) in [4.78, 5) is 28.7. The van der Waals surface area contributed by atoms with E-state index in [0.717, 1.165) is 72.9 Å². The van der Waals surface area contributed by atoms with E-state index in [9.17, 15) is 0 Å². The van der Waals surface area contributed by atoms with Gasteiger partial charge in [-0.15, -0.1) is 0 Å². The lowest BCUT2D eigenvalue weighted by molar-refractivity contribution is 0.572. The van der Waals surface area contributed by atoms with Gasteiger partial charge in [-0.25, -0.2) is 19.9 Å². The van der Waals surface area contributed by atoms with E-state index in [4.69, 9.17) is 28.8 Å². The Balaban J connectivity index is 0.000000143. The van der Waals surface area contributed by atoms with Crippen LogP contribution in [-0.4, -0.2) is 29.9 Å². The molecule has 0 atom stereocenters. The van der Waals surface area contributed by atoms with Crippen LogP contribution in [0.5, 0.6) is 0 Å². The molecule has 12 heteroatoms. The smallest absolute Gasteiger partial charge is 0.154 e. The number of nitrogens with zero attached hydrogens (tertiary/aromatic N) is 6. The van der Waals surface area contributed by atoms with Crippen LogP contribution < -0.4 is 0 Å². The van der Waals surface area contributed by atoms with Crippen molar-refractivity contribution in [2.24, 2.45) is 0 Å². The van der Waals surface area contributed by atoms with Crippen molar-refractivity contribution in [2.75, 3.05) is 0 Å². The second kappa shape index (κ2) is 14.6. The highest BCUT2D eigenvalue weighted by Gasteiger charge is 2.21. The van der Waals surface area contributed by atoms with Gasteiger partial charge in [0.2, 0.25) is 0 Å². The van der Waals surface area contributed by atoms with Gasteiger partial charge in [-0.2, -0.15) is 0 Å². The third-order valence-corrected chi connectivity index (χ3v) is 11.8. The molecular weight excluding hydrogens is 940 g/mol. The van der Waals surface area contributed by atoms with Crippen LogP contribution >= 0.6 is 63.7 Å². The molecule has 0 saturated carbocycles. The zero-order chi connectivity index (χ0) is 36.8. The molecule has 10 aromatic rings. The Morgan fingerprint density at radius 1 is 0.444 bits per heavy atom. The number of aromatic nitrogens is 6. The minimum Gasteiger partial charge on any atom is -0.463 e. The summed E-state index contributed by atoms with van der Waals surface area (Å²) >= 11 is 14.8. The van der Waals surface area contributed by atoms with E-state index in [1.165, 1.54) is 0 Å². The van der Waals surface area contributed by atoms with Gasteiger partial charge in [-0.3, -0.25) is 9.97 Å². The number of furan rings is 2. The zero-order valence-electron chi connectivity index (χ0n) is 27.7. The average Bonchev–Trinajstić information content (AvgIpc) is 3.96. The summed E-state index contributed by atoms with van der Waals surface area (Å²) in [7, 11) is 0. The monoisotopic (exact) mass is 958 g/mol. The molecule has 0 fully saturated rings. The van der Waals surface area contributed by atoms with Gasteiger partial charge >= 0.3 is 0 Å². The minimum atomic E-state index is 0.643. The molecule has 0 unspecified atom stereocenters. The van der Waals surface area contributed by atoms with Crippen molar-refractivity contribution in [1.82, 2.24) is 29.9 Å². The molecule has 54 heavy (non-hydrogen) atoms. The summed E-state index contributed by atoms with van der Waals surface area (Å²) in [6.07, 6.45) is 6.77. The number of fused-ring (bicyclic) bond motifs is 4. The maximum Gasteiger partial charge on any atom is 0.154 e. The van der Waals surface area contributed by atoms with Gasteiger partial charge in [0.05, 0.1) is 42.8 Å². The standard InChI is InChI=1S/C22H12Br2N4.C20H10Br2N2O2/c23-17-13-7-1-2-8-14(13)18(24)22-21(17)27-19(15-9-3-5-11-25-15)20(28-22)16-10-4-6-12-26-16;21-12-5-1-4-11-10-13-18(17(22)16(11)12)24-20(15-7-3-9-26-15)19(23-13)14-6-2-8-25-14/h1-12H;1-10H. The van der Waals surface area contributed by atoms with Crippen molar-refractivity contribution in [2.45, 2.75) is 0 Å². The van der Waals surface area contributed by atoms with E-state index >= 15 is 0 Å². The normalized spacial score (nSPS) is 11.3. The molecule has 6 aromatic heterocycles. The first kappa shape index (κ1) is 34.6. The Kier molecular flexibility index (Phi) is 9.36. The van der Waals surface area contributed by atoms with Gasteiger partial charge in [0.15, 0.2) is 11.5 Å². The van der Waals surface area contributed by atoms with Gasteiger partial charge in [0.1, 0.15) is 39.3 Å². The summed E-state index contributed by atoms with van der Waals surface area (Å²) < 4.78 is 14.9. The third kappa shape index (κ3) is 6.22. The molecule has 260 valence electrons. The summed E-state index contributed by atoms with van der Waals surface area (Å²) in [5.74, 6) is 1.29. The maximum absolute atomic E-state index is 5.59. The first-order valence-corrected chi connectivity index (χ1v) is 19.7. The Bertz CT molecular complexity index is 2880. The van der Waals surface area contributed by atoms with Crippen LogP contribution in [0, 0.1) is 0 Å². The molecular formula is C42H22Br4N6O2. The number of hydrogen-bond acceptors (Lipinski definition) is 8. The fraction of sp³-hybridized carbons (Fsp3) is 0. The van der Waals surface area contributed by atoms with E-state index in [-0.39, 0.29) is 0 Å². The lowest BCUT2D eigenvalue weighted by Gasteiger charge is -2.13. The largest absolute Gasteiger partial charge is 0.463 e. The molecule has 4 aromatic carbocycles. The van der Waals surface area contributed by atoms with Crippen LogP contribution in [0.2, 0.25) is 0 Å². The molecule has 0 spiro atoms. The summed E-state index contributed by atoms with van der Waals surface area (Å²) in [5.41, 5.74) is 7.34. The van der Waals surface area contributed by atoms with Crippen molar-refractivity contribution in [3.8, 4) is 45.7 Å². The highest BCUT2D eigenvalue weighted by molar-refractivity contribution is 9.11. The molecule has 0 bridgehead atoms. The second-order valence-corrected chi connectivity index (χ2v) is 15.2. The summed E-state index contributed by atoms with van der Waals surface area (Å²) in [6.45, 7) is 0. The first-order valence-electron chi connectivity index (χ1n) is 16.5. The predicted molar refractivity (Wildman–Crippen MR) is 227 cm³/mol. The number of benzene rings is 4. The van der Waals surface area contributed by atoms with Crippen LogP contribution in [0.15, 0.2) is 161 Å². The van der Waals surface area contributed by atoms with E-state index in [0.29, 0.717) is 34.3 Å². The second-order valence-electron chi connectivity index (χ2n) is 12.0. The zero-order valence-corrected chi connectivity index (χ0v) is 34.1. The van der Waals surface area contributed by atoms with Crippen LogP contribution in [-0.2, 0) is 0 Å². The lowest BCUT2D eigenvalue weighted by Crippen LogP contribution is -1.99. The Morgan fingerprint density at radius 3 is 1.50 bits per heavy atom. The fourth-order valence-electron chi connectivity index (χ4n) is 6.26. The van der Waals surface area contributed by atoms with E-state index < -0.39 is 0 Å². The maximum atomic E-state index is 5.59. The molecule has 6 heterocycles. The average molecular weight is 962 g/mol. The fourth-order valence-corrected chi connectivity index (χ4v) is 9.09. The van der Waals surface area contributed by atoms with Gasteiger partial charge < -0.3 is 8.83 Å². The van der Waals surface area contributed by atoms with Crippen molar-refractivity contribution in [3.05, 3.63) is 152 Å². The van der Waals surface area contributed by atoms with Crippen LogP contribution in [0.4, 0.5) is 0 Å². The van der Waals surface area contributed by atoms with E-state index in [1.54, 1.807) is 24.9 Å². The molecule has 0 aliphatic carbocycles. The summed E-state index contributed by atoms with van der Waals surface area (Å²) in [5, 5.41) is 4.29. The Labute approximate surface area is 341 Å². The molecule has 0 N–H and O–H groups in total. The van der Waals surface area contributed by atoms with Crippen LogP contribution in [0.25, 0.3) is 89.3 Å². The van der Waals surface area contributed by atoms with Crippen molar-refractivity contribution in [1.29, 1.82) is 0 Å². The molecule has 0 aliphatic rings. The molecule has 0 saturated heterocycles. The predicted octanol–water partition coefficient (Wildman–Crippen LogP) is 13.3. The number of rotatable bonds is 4. The molecule has 0 amide bonds. The quantitative estimate of drug-likeness (QED) is 0.161. The molecule has 8 nitrogen and oxygen atoms in total. The molecule has 0 aliphatic heterocycles. The topological polar surface area (TPSA) is 104 Å². The summed E-state index contributed by atoms with van der Waals surface area (Å²) in [6, 6.07) is 35.2. The SMILES string of the molecule is Brc1c2ccccc2c(Br)c2nc(-c3ccccn3)c(-c3ccccn3)nc12.Brc1cccc2cc3nc(-c4ccco4)c(-c4ccco4)nc3c(Br)c12. The highest BCUT2D eigenvalue weighted by Crippen LogP contribution is 2.41. The lowest BCUT2D eigenvalue weighted by atomic mass is 10.1. The number of halogens is 4.